The topological polar surface area (TPSA) is 88.0 Å². The van der Waals surface area contributed by atoms with E-state index < -0.39 is 0 Å². The number of nitriles is 1. The first kappa shape index (κ1) is 27.0. The number of aromatic amines is 1. The number of nitrogens with one attached hydrogen (secondary N) is 2. The minimum absolute atomic E-state index is 0. The molecule has 0 unspecified atom stereocenters. The van der Waals surface area contributed by atoms with E-state index in [1.54, 1.807) is 0 Å². The monoisotopic (exact) mass is 518 g/mol. The fourth-order valence-electron chi connectivity index (χ4n) is 4.82. The molecule has 2 aromatic rings. The van der Waals surface area contributed by atoms with Crippen molar-refractivity contribution in [2.75, 3.05) is 37.8 Å². The van der Waals surface area contributed by atoms with Gasteiger partial charge in [0.2, 0.25) is 5.91 Å². The second kappa shape index (κ2) is 11.8. The zero-order valence-corrected chi connectivity index (χ0v) is 20.9. The van der Waals surface area contributed by atoms with Gasteiger partial charge in [0.15, 0.2) is 0 Å². The minimum Gasteiger partial charge on any atom is -0.342 e. The van der Waals surface area contributed by atoms with Crippen LogP contribution in [0.1, 0.15) is 36.6 Å². The van der Waals surface area contributed by atoms with Crippen molar-refractivity contribution >= 4 is 65.9 Å². The van der Waals surface area contributed by atoms with Crippen LogP contribution in [0.2, 0.25) is 0 Å². The van der Waals surface area contributed by atoms with E-state index in [1.807, 2.05) is 34.9 Å². The summed E-state index contributed by atoms with van der Waals surface area (Å²) in [5.74, 6) is 3.66. The summed E-state index contributed by atoms with van der Waals surface area (Å²) in [4.78, 5) is 25.4. The molecular weight excluding hydrogens is 491 g/mol. The number of likely N-dealkylation sites (tertiary alicyclic amines) is 1. The van der Waals surface area contributed by atoms with E-state index in [2.05, 4.69) is 21.3 Å². The lowest BCUT2D eigenvalue weighted by atomic mass is 9.94. The van der Waals surface area contributed by atoms with Crippen LogP contribution in [0.15, 0.2) is 18.2 Å². The number of carbonyl (C=O) groups is 1. The van der Waals surface area contributed by atoms with Crippen LogP contribution in [-0.4, -0.2) is 75.6 Å². The zero-order valence-electron chi connectivity index (χ0n) is 17.7. The number of rotatable bonds is 3. The van der Waals surface area contributed by atoms with Crippen molar-refractivity contribution in [1.29, 1.82) is 5.26 Å². The van der Waals surface area contributed by atoms with Crippen LogP contribution < -0.4 is 5.32 Å². The Morgan fingerprint density at radius 1 is 1.19 bits per heavy atom. The van der Waals surface area contributed by atoms with E-state index in [1.165, 1.54) is 0 Å². The molecule has 3 aliphatic heterocycles. The number of imidazole rings is 1. The number of H-pyrrole nitrogens is 1. The number of fused-ring (bicyclic) bond motifs is 1. The molecule has 2 N–H and O–H groups in total. The van der Waals surface area contributed by atoms with Crippen LogP contribution >= 0.6 is 49.0 Å². The number of piperidine rings is 1. The summed E-state index contributed by atoms with van der Waals surface area (Å²) in [7, 11) is 0. The summed E-state index contributed by atoms with van der Waals surface area (Å²) < 4.78 is 0. The lowest BCUT2D eigenvalue weighted by Gasteiger charge is -2.35. The number of benzene rings is 1. The maximum atomic E-state index is 12.6. The summed E-state index contributed by atoms with van der Waals surface area (Å²) in [6.45, 7) is 3.88. The third-order valence-electron chi connectivity index (χ3n) is 6.53. The molecule has 3 aliphatic rings. The fraction of sp³-hybridized carbons (Fsp3) is 0.571. The summed E-state index contributed by atoms with van der Waals surface area (Å²) in [6.07, 6.45) is 3.07. The van der Waals surface area contributed by atoms with Crippen molar-refractivity contribution in [3.63, 3.8) is 0 Å². The van der Waals surface area contributed by atoms with E-state index in [9.17, 15) is 4.79 Å². The molecule has 5 rings (SSSR count). The molecule has 1 amide bonds. The fourth-order valence-corrected chi connectivity index (χ4v) is 5.77. The van der Waals surface area contributed by atoms with Gasteiger partial charge in [-0.15, -0.1) is 49.0 Å². The summed E-state index contributed by atoms with van der Waals surface area (Å²) in [5, 5.41) is 12.5. The molecule has 0 spiro atoms. The molecule has 0 radical (unpaired) electrons. The van der Waals surface area contributed by atoms with Crippen molar-refractivity contribution in [1.82, 2.24) is 25.1 Å². The van der Waals surface area contributed by atoms with Crippen LogP contribution in [0.25, 0.3) is 11.0 Å². The molecule has 3 saturated heterocycles. The molecule has 176 valence electrons. The highest BCUT2D eigenvalue weighted by Crippen LogP contribution is 2.30. The highest BCUT2D eigenvalue weighted by Gasteiger charge is 2.37. The summed E-state index contributed by atoms with van der Waals surface area (Å²) in [6, 6.07) is 8.25. The smallest absolute Gasteiger partial charge is 0.240 e. The number of hydrogen-bond donors (Lipinski definition) is 2. The lowest BCUT2D eigenvalue weighted by molar-refractivity contribution is -0.131. The van der Waals surface area contributed by atoms with Gasteiger partial charge in [-0.05, 0) is 50.6 Å². The molecule has 7 nitrogen and oxygen atoms in total. The number of nitrogens with zero attached hydrogens (tertiary/aromatic N) is 4. The Balaban J connectivity index is 0.00000121. The quantitative estimate of drug-likeness (QED) is 0.648. The Kier molecular flexibility index (Phi) is 9.95. The van der Waals surface area contributed by atoms with E-state index >= 15 is 0 Å². The molecular formula is C21H29Cl3N6OS. The van der Waals surface area contributed by atoms with Crippen LogP contribution in [0.4, 0.5) is 0 Å². The summed E-state index contributed by atoms with van der Waals surface area (Å²) in [5.41, 5.74) is 2.53. The van der Waals surface area contributed by atoms with Gasteiger partial charge in [0.1, 0.15) is 5.82 Å². The Bertz CT molecular complexity index is 953. The van der Waals surface area contributed by atoms with Crippen molar-refractivity contribution < 1.29 is 4.79 Å². The van der Waals surface area contributed by atoms with Crippen molar-refractivity contribution in [3.8, 4) is 6.07 Å². The van der Waals surface area contributed by atoms with Gasteiger partial charge in [-0.3, -0.25) is 9.69 Å². The normalized spacial score (nSPS) is 23.8. The average Bonchev–Trinajstić information content (AvgIpc) is 3.53. The van der Waals surface area contributed by atoms with Gasteiger partial charge in [-0.1, -0.05) is 0 Å². The maximum absolute atomic E-state index is 12.6. The SMILES string of the molecule is Cl.Cl.Cl.N#Cc1ccc2[nH]c(C3CCN([C@@H]4CN[C@H](C(=O)N5CCSC5)C4)CC3)nc2c1. The number of hydrogen-bond acceptors (Lipinski definition) is 6. The predicted molar refractivity (Wildman–Crippen MR) is 135 cm³/mol. The molecule has 0 saturated carbocycles. The number of carbonyl (C=O) groups excluding carboxylic acids is 1. The largest absolute Gasteiger partial charge is 0.342 e. The highest BCUT2D eigenvalue weighted by atomic mass is 35.5. The molecule has 1 aromatic carbocycles. The minimum atomic E-state index is -0.0128. The standard InChI is InChI=1S/C21H26N6OS.3ClH/c22-11-14-1-2-17-18(9-14)25-20(24-17)15-3-5-26(6-4-15)16-10-19(23-12-16)21(28)27-7-8-29-13-27;;;/h1-2,9,15-16,19,23H,3-8,10,12-13H2,(H,24,25);3*1H/t16-,19-;;;/m0.../s1. The third-order valence-corrected chi connectivity index (χ3v) is 7.50. The number of aromatic nitrogens is 2. The van der Waals surface area contributed by atoms with Gasteiger partial charge in [-0.25, -0.2) is 4.98 Å². The van der Waals surface area contributed by atoms with E-state index in [0.717, 1.165) is 73.9 Å². The lowest BCUT2D eigenvalue weighted by Crippen LogP contribution is -2.42. The average molecular weight is 520 g/mol. The third kappa shape index (κ3) is 5.46. The second-order valence-electron chi connectivity index (χ2n) is 8.27. The van der Waals surface area contributed by atoms with Crippen LogP contribution in [0, 0.1) is 11.3 Å². The van der Waals surface area contributed by atoms with Gasteiger partial charge in [0.05, 0.1) is 34.6 Å². The molecule has 4 heterocycles. The number of thioether (sulfide) groups is 1. The zero-order chi connectivity index (χ0) is 19.8. The van der Waals surface area contributed by atoms with Gasteiger partial charge in [0.25, 0.3) is 0 Å². The Hall–Kier alpha value is -1.21. The Morgan fingerprint density at radius 3 is 2.66 bits per heavy atom. The van der Waals surface area contributed by atoms with E-state index in [0.29, 0.717) is 17.5 Å². The molecule has 0 aliphatic carbocycles. The number of amides is 1. The molecule has 2 atom stereocenters. The van der Waals surface area contributed by atoms with Gasteiger partial charge >= 0.3 is 0 Å². The Morgan fingerprint density at radius 2 is 1.97 bits per heavy atom. The number of halogens is 3. The van der Waals surface area contributed by atoms with Crippen molar-refractivity contribution in [3.05, 3.63) is 29.6 Å². The van der Waals surface area contributed by atoms with Crippen LogP contribution in [-0.2, 0) is 4.79 Å². The first-order chi connectivity index (χ1) is 14.2. The van der Waals surface area contributed by atoms with E-state index in [-0.39, 0.29) is 49.2 Å². The Labute approximate surface area is 211 Å². The van der Waals surface area contributed by atoms with Crippen molar-refractivity contribution in [2.24, 2.45) is 0 Å². The molecule has 32 heavy (non-hydrogen) atoms. The second-order valence-corrected chi connectivity index (χ2v) is 9.34. The van der Waals surface area contributed by atoms with Crippen molar-refractivity contribution in [2.45, 2.75) is 37.3 Å². The first-order valence-corrected chi connectivity index (χ1v) is 11.6. The van der Waals surface area contributed by atoms with Gasteiger partial charge < -0.3 is 15.2 Å². The molecule has 3 fully saturated rings. The summed E-state index contributed by atoms with van der Waals surface area (Å²) >= 11 is 1.84. The predicted octanol–water partition coefficient (Wildman–Crippen LogP) is 3.14. The van der Waals surface area contributed by atoms with Gasteiger partial charge in [0, 0.05) is 30.8 Å². The van der Waals surface area contributed by atoms with Crippen LogP contribution in [0.3, 0.4) is 0 Å². The van der Waals surface area contributed by atoms with Crippen LogP contribution in [0.5, 0.6) is 0 Å². The molecule has 11 heteroatoms. The maximum Gasteiger partial charge on any atom is 0.240 e. The molecule has 1 aromatic heterocycles. The van der Waals surface area contributed by atoms with Gasteiger partial charge in [-0.2, -0.15) is 5.26 Å². The highest BCUT2D eigenvalue weighted by molar-refractivity contribution is 7.99. The first-order valence-electron chi connectivity index (χ1n) is 10.4. The molecule has 0 bridgehead atoms. The van der Waals surface area contributed by atoms with E-state index in [4.69, 9.17) is 10.2 Å².